The van der Waals surface area contributed by atoms with E-state index in [1.54, 1.807) is 0 Å². The molecule has 2 unspecified atom stereocenters. The normalized spacial score (nSPS) is 27.4. The third-order valence-corrected chi connectivity index (χ3v) is 7.64. The second kappa shape index (κ2) is 3.60. The number of hydrogen-bond acceptors (Lipinski definition) is 4. The van der Waals surface area contributed by atoms with Crippen LogP contribution in [0.5, 0.6) is 0 Å². The quantitative estimate of drug-likeness (QED) is 0.680. The number of nitriles is 4. The summed E-state index contributed by atoms with van der Waals surface area (Å²) < 4.78 is 0. The van der Waals surface area contributed by atoms with Crippen molar-refractivity contribution in [3.05, 3.63) is 35.4 Å². The average molecular weight is 309 g/mol. The van der Waals surface area contributed by atoms with Crippen molar-refractivity contribution in [3.63, 3.8) is 0 Å². The van der Waals surface area contributed by atoms with E-state index in [4.69, 9.17) is 0 Å². The molecule has 0 spiro atoms. The second-order valence-corrected chi connectivity index (χ2v) is 7.14. The Morgan fingerprint density at radius 3 is 1.47 bits per heavy atom. The Bertz CT molecular complexity index is 649. The SMILES string of the molecule is N#CC1(C#N)C2[Se]C(c3ccccc32)C1(C#N)C#N. The van der Waals surface area contributed by atoms with Crippen molar-refractivity contribution in [2.24, 2.45) is 10.8 Å². The second-order valence-electron chi connectivity index (χ2n) is 4.59. The minimum atomic E-state index is -1.53. The standard InChI is InChI=1S/C14H6N4Se/c15-5-13(6-16)11-9-3-1-2-4-10(9)12(19-11)14(13,7-17)8-18/h1-4,11-12H. The zero-order valence-electron chi connectivity index (χ0n) is 9.66. The van der Waals surface area contributed by atoms with E-state index in [1.807, 2.05) is 48.5 Å². The molecule has 3 rings (SSSR count). The molecule has 4 nitrogen and oxygen atoms in total. The summed E-state index contributed by atoms with van der Waals surface area (Å²) in [5.41, 5.74) is -1.13. The van der Waals surface area contributed by atoms with Crippen LogP contribution in [0.3, 0.4) is 0 Å². The summed E-state index contributed by atoms with van der Waals surface area (Å²) in [7, 11) is 0. The molecule has 5 heteroatoms. The molecule has 0 aliphatic carbocycles. The number of fused-ring (bicyclic) bond motifs is 5. The van der Waals surface area contributed by atoms with Crippen LogP contribution in [0.25, 0.3) is 0 Å². The molecule has 1 fully saturated rings. The van der Waals surface area contributed by atoms with Crippen LogP contribution in [0.2, 0.25) is 0 Å². The van der Waals surface area contributed by atoms with Crippen molar-refractivity contribution in [1.29, 1.82) is 21.0 Å². The number of nitrogens with zero attached hydrogens (tertiary/aromatic N) is 4. The van der Waals surface area contributed by atoms with Gasteiger partial charge in [-0.05, 0) is 0 Å². The molecule has 2 heterocycles. The van der Waals surface area contributed by atoms with E-state index in [9.17, 15) is 21.0 Å². The Kier molecular flexibility index (Phi) is 2.23. The molecular weight excluding hydrogens is 303 g/mol. The van der Waals surface area contributed by atoms with Crippen molar-refractivity contribution in [1.82, 2.24) is 0 Å². The summed E-state index contributed by atoms with van der Waals surface area (Å²) >= 11 is -0.111. The summed E-state index contributed by atoms with van der Waals surface area (Å²) in [6.45, 7) is 0. The summed E-state index contributed by atoms with van der Waals surface area (Å²) in [6.07, 6.45) is 0. The first-order chi connectivity index (χ1) is 9.20. The maximum absolute atomic E-state index is 9.50. The zero-order valence-corrected chi connectivity index (χ0v) is 11.4. The van der Waals surface area contributed by atoms with Crippen LogP contribution in [0.4, 0.5) is 0 Å². The summed E-state index contributed by atoms with van der Waals surface area (Å²) in [4.78, 5) is -0.564. The van der Waals surface area contributed by atoms with Crippen LogP contribution in [0, 0.1) is 56.2 Å². The van der Waals surface area contributed by atoms with Gasteiger partial charge in [-0.2, -0.15) is 0 Å². The van der Waals surface area contributed by atoms with Crippen LogP contribution in [0.1, 0.15) is 20.8 Å². The Labute approximate surface area is 116 Å². The molecule has 88 valence electrons. The number of hydrogen-bond donors (Lipinski definition) is 0. The van der Waals surface area contributed by atoms with Gasteiger partial charge in [0.15, 0.2) is 0 Å². The van der Waals surface area contributed by atoms with Gasteiger partial charge in [0, 0.05) is 0 Å². The molecule has 19 heavy (non-hydrogen) atoms. The Balaban J connectivity index is 2.38. The third kappa shape index (κ3) is 1.02. The molecule has 0 amide bonds. The fraction of sp³-hybridized carbons (Fsp3) is 0.286. The minimum absolute atomic E-state index is 0.111. The predicted molar refractivity (Wildman–Crippen MR) is 65.0 cm³/mol. The Morgan fingerprint density at radius 2 is 1.16 bits per heavy atom. The van der Waals surface area contributed by atoms with E-state index in [0.29, 0.717) is 0 Å². The molecular formula is C14H6N4Se. The molecule has 1 saturated heterocycles. The van der Waals surface area contributed by atoms with Gasteiger partial charge in [-0.3, -0.25) is 0 Å². The van der Waals surface area contributed by atoms with E-state index >= 15 is 0 Å². The van der Waals surface area contributed by atoms with Gasteiger partial charge in [0.05, 0.1) is 0 Å². The van der Waals surface area contributed by atoms with Crippen LogP contribution >= 0.6 is 0 Å². The fourth-order valence-corrected chi connectivity index (χ4v) is 7.16. The molecule has 0 radical (unpaired) electrons. The average Bonchev–Trinajstić information content (AvgIpc) is 2.99. The summed E-state index contributed by atoms with van der Waals surface area (Å²) in [5.74, 6) is 0. The van der Waals surface area contributed by atoms with Crippen LogP contribution in [-0.2, 0) is 0 Å². The molecule has 2 atom stereocenters. The predicted octanol–water partition coefficient (Wildman–Crippen LogP) is 1.57. The van der Waals surface area contributed by atoms with Gasteiger partial charge in [-0.25, -0.2) is 0 Å². The molecule has 2 bridgehead atoms. The van der Waals surface area contributed by atoms with E-state index in [0.717, 1.165) is 11.1 Å². The molecule has 1 aromatic carbocycles. The van der Waals surface area contributed by atoms with E-state index in [-0.39, 0.29) is 24.6 Å². The van der Waals surface area contributed by atoms with E-state index in [2.05, 4.69) is 0 Å². The third-order valence-electron chi connectivity index (χ3n) is 3.95. The molecule has 0 aromatic heterocycles. The van der Waals surface area contributed by atoms with E-state index < -0.39 is 10.8 Å². The van der Waals surface area contributed by atoms with E-state index in [1.165, 1.54) is 0 Å². The van der Waals surface area contributed by atoms with Gasteiger partial charge in [0.2, 0.25) is 0 Å². The van der Waals surface area contributed by atoms with Crippen molar-refractivity contribution in [3.8, 4) is 24.3 Å². The zero-order chi connectivity index (χ0) is 13.7. The van der Waals surface area contributed by atoms with Crippen molar-refractivity contribution >= 4 is 15.0 Å². The van der Waals surface area contributed by atoms with Gasteiger partial charge in [0.25, 0.3) is 0 Å². The molecule has 2 aliphatic heterocycles. The van der Waals surface area contributed by atoms with Gasteiger partial charge < -0.3 is 0 Å². The first-order valence-corrected chi connectivity index (χ1v) is 7.58. The van der Waals surface area contributed by atoms with Crippen molar-refractivity contribution < 1.29 is 0 Å². The molecule has 0 saturated carbocycles. The van der Waals surface area contributed by atoms with Crippen molar-refractivity contribution in [2.75, 3.05) is 0 Å². The fourth-order valence-electron chi connectivity index (χ4n) is 2.99. The molecule has 2 aliphatic rings. The molecule has 0 N–H and O–H groups in total. The van der Waals surface area contributed by atoms with Gasteiger partial charge >= 0.3 is 116 Å². The van der Waals surface area contributed by atoms with Crippen LogP contribution in [0.15, 0.2) is 24.3 Å². The van der Waals surface area contributed by atoms with Crippen LogP contribution in [-0.4, -0.2) is 15.0 Å². The van der Waals surface area contributed by atoms with Crippen molar-refractivity contribution in [2.45, 2.75) is 9.63 Å². The maximum atomic E-state index is 9.50. The first kappa shape index (κ1) is 11.8. The topological polar surface area (TPSA) is 95.2 Å². The number of benzene rings is 1. The van der Waals surface area contributed by atoms with Gasteiger partial charge in [0.1, 0.15) is 0 Å². The van der Waals surface area contributed by atoms with Gasteiger partial charge in [-0.15, -0.1) is 0 Å². The van der Waals surface area contributed by atoms with Gasteiger partial charge in [-0.1, -0.05) is 0 Å². The Hall–Kier alpha value is -2.30. The Morgan fingerprint density at radius 1 is 0.789 bits per heavy atom. The molecule has 1 aromatic rings. The summed E-state index contributed by atoms with van der Waals surface area (Å²) in [6, 6.07) is 15.6. The first-order valence-electron chi connectivity index (χ1n) is 5.60. The summed E-state index contributed by atoms with van der Waals surface area (Å²) in [5, 5.41) is 38.0. The number of rotatable bonds is 0. The monoisotopic (exact) mass is 310 g/mol. The van der Waals surface area contributed by atoms with Crippen LogP contribution < -0.4 is 0 Å².